The molecular formula is C25H26FN3O3. The van der Waals surface area contributed by atoms with Crippen LogP contribution in [-0.4, -0.2) is 65.2 Å². The van der Waals surface area contributed by atoms with Gasteiger partial charge in [-0.2, -0.15) is 0 Å². The highest BCUT2D eigenvalue weighted by Gasteiger charge is 2.54. The molecule has 32 heavy (non-hydrogen) atoms. The minimum Gasteiger partial charge on any atom is -0.394 e. The van der Waals surface area contributed by atoms with Crippen molar-refractivity contribution >= 4 is 11.9 Å². The van der Waals surface area contributed by atoms with Gasteiger partial charge in [-0.25, -0.2) is 9.18 Å². The fraction of sp³-hybridized carbons (Fsp3) is 0.360. The van der Waals surface area contributed by atoms with E-state index in [1.165, 1.54) is 12.1 Å². The molecule has 0 bridgehead atoms. The van der Waals surface area contributed by atoms with Gasteiger partial charge in [0.05, 0.1) is 18.7 Å². The molecule has 2 aliphatic rings. The van der Waals surface area contributed by atoms with Crippen LogP contribution in [0.1, 0.15) is 36.0 Å². The quantitative estimate of drug-likeness (QED) is 0.724. The van der Waals surface area contributed by atoms with Gasteiger partial charge in [0.25, 0.3) is 0 Å². The van der Waals surface area contributed by atoms with Crippen LogP contribution in [0.15, 0.2) is 48.5 Å². The van der Waals surface area contributed by atoms with Crippen LogP contribution in [0.25, 0.3) is 0 Å². The highest BCUT2D eigenvalue weighted by molar-refractivity contribution is 5.87. The smallest absolute Gasteiger partial charge is 0.317 e. The average molecular weight is 435 g/mol. The Labute approximate surface area is 187 Å². The second kappa shape index (κ2) is 9.41. The molecular weight excluding hydrogens is 409 g/mol. The van der Waals surface area contributed by atoms with Gasteiger partial charge in [0, 0.05) is 30.1 Å². The largest absolute Gasteiger partial charge is 0.394 e. The summed E-state index contributed by atoms with van der Waals surface area (Å²) >= 11 is 0. The van der Waals surface area contributed by atoms with Crippen molar-refractivity contribution in [1.29, 1.82) is 0 Å². The summed E-state index contributed by atoms with van der Waals surface area (Å²) in [7, 11) is 0. The third kappa shape index (κ3) is 4.32. The second-order valence-electron chi connectivity index (χ2n) is 8.14. The zero-order valence-corrected chi connectivity index (χ0v) is 17.9. The first kappa shape index (κ1) is 21.8. The molecule has 6 nitrogen and oxygen atoms in total. The van der Waals surface area contributed by atoms with Crippen LogP contribution in [-0.2, 0) is 4.79 Å². The van der Waals surface area contributed by atoms with E-state index < -0.39 is 0 Å². The molecule has 0 aromatic heterocycles. The summed E-state index contributed by atoms with van der Waals surface area (Å²) in [5.41, 5.74) is 2.55. The summed E-state index contributed by atoms with van der Waals surface area (Å²) in [5, 5.41) is 12.7. The maximum Gasteiger partial charge on any atom is 0.317 e. The minimum absolute atomic E-state index is 0.0349. The molecule has 0 aliphatic carbocycles. The molecule has 166 valence electrons. The van der Waals surface area contributed by atoms with E-state index >= 15 is 0 Å². The standard InChI is InChI=1S/C25H26FN3O3/c1-2-13-27-25(32)28-14-21-24(22(16-30)29(21)23(31)15-28)19-9-5-17(6-10-19)3-4-18-7-11-20(26)12-8-18/h5-12,21-22,24,30H,2,13-16H2,1H3,(H,27,32)/t21-,22+,24+/m0/s1. The Morgan fingerprint density at radius 3 is 2.34 bits per heavy atom. The Morgan fingerprint density at radius 2 is 1.75 bits per heavy atom. The van der Waals surface area contributed by atoms with Crippen molar-refractivity contribution in [2.75, 3.05) is 26.2 Å². The van der Waals surface area contributed by atoms with Gasteiger partial charge in [-0.05, 0) is 48.4 Å². The maximum atomic E-state index is 13.0. The topological polar surface area (TPSA) is 72.9 Å². The molecule has 2 aromatic rings. The average Bonchev–Trinajstić information content (AvgIpc) is 2.79. The lowest BCUT2D eigenvalue weighted by Gasteiger charge is -2.58. The lowest BCUT2D eigenvalue weighted by atomic mass is 9.73. The fourth-order valence-corrected chi connectivity index (χ4v) is 4.46. The van der Waals surface area contributed by atoms with E-state index in [2.05, 4.69) is 17.2 Å². The fourth-order valence-electron chi connectivity index (χ4n) is 4.46. The Balaban J connectivity index is 1.49. The van der Waals surface area contributed by atoms with Gasteiger partial charge in [-0.3, -0.25) is 4.79 Å². The van der Waals surface area contributed by atoms with Crippen molar-refractivity contribution in [2.45, 2.75) is 31.3 Å². The number of benzene rings is 2. The van der Waals surface area contributed by atoms with Crippen LogP contribution in [0.3, 0.4) is 0 Å². The van der Waals surface area contributed by atoms with Crippen molar-refractivity contribution in [3.05, 3.63) is 71.0 Å². The number of carbonyl (C=O) groups is 2. The van der Waals surface area contributed by atoms with Gasteiger partial charge < -0.3 is 20.2 Å². The number of rotatable bonds is 4. The number of hydrogen-bond donors (Lipinski definition) is 2. The van der Waals surface area contributed by atoms with Gasteiger partial charge in [-0.1, -0.05) is 30.9 Å². The lowest BCUT2D eigenvalue weighted by Crippen LogP contribution is -2.73. The monoisotopic (exact) mass is 435 g/mol. The molecule has 2 heterocycles. The number of carbonyl (C=O) groups excluding carboxylic acids is 2. The Bertz CT molecular complexity index is 1040. The van der Waals surface area contributed by atoms with Crippen LogP contribution in [0.5, 0.6) is 0 Å². The van der Waals surface area contributed by atoms with Gasteiger partial charge >= 0.3 is 6.03 Å². The van der Waals surface area contributed by atoms with E-state index in [4.69, 9.17) is 0 Å². The Morgan fingerprint density at radius 1 is 1.12 bits per heavy atom. The number of halogens is 1. The van der Waals surface area contributed by atoms with Crippen LogP contribution >= 0.6 is 0 Å². The van der Waals surface area contributed by atoms with E-state index in [0.717, 1.165) is 23.1 Å². The number of amides is 3. The van der Waals surface area contributed by atoms with Crippen molar-refractivity contribution in [3.8, 4) is 11.8 Å². The lowest BCUT2D eigenvalue weighted by molar-refractivity contribution is -0.159. The first-order chi connectivity index (χ1) is 15.5. The zero-order valence-electron chi connectivity index (χ0n) is 17.9. The second-order valence-corrected chi connectivity index (χ2v) is 8.14. The molecule has 0 radical (unpaired) electrons. The van der Waals surface area contributed by atoms with E-state index in [0.29, 0.717) is 13.1 Å². The molecule has 2 aliphatic heterocycles. The summed E-state index contributed by atoms with van der Waals surface area (Å²) in [4.78, 5) is 28.3. The number of aliphatic hydroxyl groups is 1. The van der Waals surface area contributed by atoms with E-state index in [-0.39, 0.29) is 48.9 Å². The molecule has 2 N–H and O–H groups in total. The van der Waals surface area contributed by atoms with Crippen LogP contribution in [0.4, 0.5) is 9.18 Å². The third-order valence-corrected chi connectivity index (χ3v) is 6.06. The molecule has 0 spiro atoms. The Kier molecular flexibility index (Phi) is 6.42. The summed E-state index contributed by atoms with van der Waals surface area (Å²) in [6, 6.07) is 13.1. The number of piperazine rings is 1. The Hall–Kier alpha value is -3.37. The van der Waals surface area contributed by atoms with Crippen LogP contribution in [0.2, 0.25) is 0 Å². The maximum absolute atomic E-state index is 13.0. The van der Waals surface area contributed by atoms with Gasteiger partial charge in [0.1, 0.15) is 12.4 Å². The van der Waals surface area contributed by atoms with Crippen molar-refractivity contribution in [3.63, 3.8) is 0 Å². The van der Waals surface area contributed by atoms with E-state index in [1.807, 2.05) is 31.2 Å². The van der Waals surface area contributed by atoms with Gasteiger partial charge in [0.2, 0.25) is 5.91 Å². The van der Waals surface area contributed by atoms with Crippen molar-refractivity contribution in [1.82, 2.24) is 15.1 Å². The van der Waals surface area contributed by atoms with Crippen molar-refractivity contribution in [2.24, 2.45) is 0 Å². The number of urea groups is 1. The van der Waals surface area contributed by atoms with E-state index in [1.54, 1.807) is 21.9 Å². The summed E-state index contributed by atoms with van der Waals surface area (Å²) < 4.78 is 13.0. The number of fused-ring (bicyclic) bond motifs is 1. The molecule has 4 rings (SSSR count). The number of hydrogen-bond acceptors (Lipinski definition) is 3. The highest BCUT2D eigenvalue weighted by Crippen LogP contribution is 2.42. The highest BCUT2D eigenvalue weighted by atomic mass is 19.1. The molecule has 0 unspecified atom stereocenters. The SMILES string of the molecule is CCCNC(=O)N1CC(=O)N2[C@H](CO)[C@H](c3ccc(C#Cc4ccc(F)cc4)cc3)[C@@H]2C1. The number of aliphatic hydroxyl groups excluding tert-OH is 1. The van der Waals surface area contributed by atoms with E-state index in [9.17, 15) is 19.1 Å². The predicted octanol–water partition coefficient (Wildman–Crippen LogP) is 2.32. The first-order valence-corrected chi connectivity index (χ1v) is 10.8. The third-order valence-electron chi connectivity index (χ3n) is 6.06. The zero-order chi connectivity index (χ0) is 22.7. The van der Waals surface area contributed by atoms with Gasteiger partial charge in [-0.15, -0.1) is 0 Å². The van der Waals surface area contributed by atoms with Crippen LogP contribution < -0.4 is 5.32 Å². The van der Waals surface area contributed by atoms with Gasteiger partial charge in [0.15, 0.2) is 0 Å². The number of nitrogens with zero attached hydrogens (tertiary/aromatic N) is 2. The first-order valence-electron chi connectivity index (χ1n) is 10.8. The minimum atomic E-state index is -0.296. The predicted molar refractivity (Wildman–Crippen MR) is 118 cm³/mol. The molecule has 2 fully saturated rings. The van der Waals surface area contributed by atoms with Crippen LogP contribution in [0, 0.1) is 17.7 Å². The molecule has 3 amide bonds. The molecule has 7 heteroatoms. The summed E-state index contributed by atoms with van der Waals surface area (Å²) in [6.07, 6.45) is 0.828. The molecule has 2 saturated heterocycles. The molecule has 3 atom stereocenters. The number of nitrogens with one attached hydrogen (secondary N) is 1. The van der Waals surface area contributed by atoms with Crippen molar-refractivity contribution < 1.29 is 19.1 Å². The normalized spacial score (nSPS) is 21.8. The summed E-state index contributed by atoms with van der Waals surface area (Å²) in [5.74, 6) is 5.59. The molecule has 0 saturated carbocycles. The summed E-state index contributed by atoms with van der Waals surface area (Å²) in [6.45, 7) is 2.90. The molecule has 2 aromatic carbocycles.